The third-order valence-corrected chi connectivity index (χ3v) is 9.65. The van der Waals surface area contributed by atoms with E-state index >= 15 is 0 Å². The summed E-state index contributed by atoms with van der Waals surface area (Å²) in [6, 6.07) is 48.8. The lowest BCUT2D eigenvalue weighted by molar-refractivity contribution is 0.645. The van der Waals surface area contributed by atoms with Gasteiger partial charge in [0.25, 0.3) is 0 Å². The van der Waals surface area contributed by atoms with Crippen molar-refractivity contribution in [2.75, 3.05) is 0 Å². The molecule has 7 rings (SSSR count). The van der Waals surface area contributed by atoms with Crippen LogP contribution < -0.4 is 0 Å². The molecule has 0 spiro atoms. The number of nitrogens with zero attached hydrogens (tertiary/aromatic N) is 4. The van der Waals surface area contributed by atoms with E-state index < -0.39 is 10.8 Å². The lowest BCUT2D eigenvalue weighted by atomic mass is 9.73. The van der Waals surface area contributed by atoms with Crippen molar-refractivity contribution in [3.8, 4) is 17.1 Å². The normalized spacial score (nSPS) is 13.9. The van der Waals surface area contributed by atoms with Gasteiger partial charge in [-0.05, 0) is 85.8 Å². The largest absolute Gasteiger partial charge is 0.299 e. The molecule has 4 nitrogen and oxygen atoms in total. The number of hydrogen-bond acceptors (Lipinski definition) is 3. The van der Waals surface area contributed by atoms with Crippen LogP contribution in [0.1, 0.15) is 58.7 Å². The Morgan fingerprint density at radius 1 is 0.489 bits per heavy atom. The molecule has 4 heteroatoms. The predicted molar refractivity (Wildman–Crippen MR) is 191 cm³/mol. The molecular formula is C43H38N4. The Morgan fingerprint density at radius 2 is 1.00 bits per heavy atom. The topological polar surface area (TPSA) is 43.6 Å². The van der Waals surface area contributed by atoms with E-state index in [4.69, 9.17) is 15.0 Å². The van der Waals surface area contributed by atoms with Crippen LogP contribution in [0.2, 0.25) is 0 Å². The minimum atomic E-state index is -0.594. The second-order valence-corrected chi connectivity index (χ2v) is 12.6. The SMILES string of the molecule is Cc1cccc(C)c1-n1cc([C@](C)(c2ccccc2)c2ccccn2)nc1-c1cccc(C(C)(c2ccccc2)c2ccccn2)c1. The minimum absolute atomic E-state index is 0.482. The number of rotatable bonds is 8. The highest BCUT2D eigenvalue weighted by atomic mass is 15.1. The molecular weight excluding hydrogens is 573 g/mol. The van der Waals surface area contributed by atoms with E-state index in [0.717, 1.165) is 45.3 Å². The molecule has 1 unspecified atom stereocenters. The number of imidazole rings is 1. The Hall–Kier alpha value is -5.61. The van der Waals surface area contributed by atoms with Gasteiger partial charge in [-0.2, -0.15) is 0 Å². The first-order valence-corrected chi connectivity index (χ1v) is 16.1. The number of para-hydroxylation sites is 1. The van der Waals surface area contributed by atoms with Crippen LogP contribution in [0.15, 0.2) is 158 Å². The molecule has 0 fully saturated rings. The van der Waals surface area contributed by atoms with Gasteiger partial charge in [0.2, 0.25) is 0 Å². The van der Waals surface area contributed by atoms with Gasteiger partial charge in [-0.25, -0.2) is 4.98 Å². The Morgan fingerprint density at radius 3 is 1.57 bits per heavy atom. The summed E-state index contributed by atoms with van der Waals surface area (Å²) in [6.07, 6.45) is 5.96. The zero-order valence-electron chi connectivity index (χ0n) is 27.3. The average molecular weight is 611 g/mol. The van der Waals surface area contributed by atoms with Gasteiger partial charge in [0, 0.05) is 24.2 Å². The number of aromatic nitrogens is 4. The molecule has 0 bridgehead atoms. The van der Waals surface area contributed by atoms with Gasteiger partial charge in [-0.3, -0.25) is 14.5 Å². The zero-order valence-corrected chi connectivity index (χ0v) is 27.3. The van der Waals surface area contributed by atoms with Crippen molar-refractivity contribution < 1.29 is 0 Å². The van der Waals surface area contributed by atoms with E-state index in [9.17, 15) is 0 Å². The van der Waals surface area contributed by atoms with Crippen molar-refractivity contribution in [2.24, 2.45) is 0 Å². The van der Waals surface area contributed by atoms with E-state index in [0.29, 0.717) is 0 Å². The van der Waals surface area contributed by atoms with E-state index in [2.05, 4.69) is 166 Å². The Balaban J connectivity index is 1.49. The predicted octanol–water partition coefficient (Wildman–Crippen LogP) is 9.65. The van der Waals surface area contributed by atoms with Crippen molar-refractivity contribution in [3.63, 3.8) is 0 Å². The number of hydrogen-bond donors (Lipinski definition) is 0. The summed E-state index contributed by atoms with van der Waals surface area (Å²) in [5.74, 6) is 0.883. The number of aryl methyl sites for hydroxylation is 2. The lowest BCUT2D eigenvalue weighted by Gasteiger charge is -2.31. The molecule has 0 N–H and O–H groups in total. The van der Waals surface area contributed by atoms with Gasteiger partial charge < -0.3 is 0 Å². The molecule has 0 aliphatic rings. The highest BCUT2D eigenvalue weighted by Crippen LogP contribution is 2.42. The van der Waals surface area contributed by atoms with Crippen LogP contribution in [0, 0.1) is 13.8 Å². The summed E-state index contributed by atoms with van der Waals surface area (Å²) >= 11 is 0. The maximum Gasteiger partial charge on any atom is 0.144 e. The Kier molecular flexibility index (Phi) is 7.87. The molecule has 0 saturated carbocycles. The molecule has 0 amide bonds. The molecule has 0 saturated heterocycles. The van der Waals surface area contributed by atoms with E-state index in [1.807, 2.05) is 24.5 Å². The van der Waals surface area contributed by atoms with Crippen molar-refractivity contribution in [1.29, 1.82) is 0 Å². The summed E-state index contributed by atoms with van der Waals surface area (Å²) < 4.78 is 2.28. The fraction of sp³-hybridized carbons (Fsp3) is 0.140. The average Bonchev–Trinajstić information content (AvgIpc) is 3.58. The lowest BCUT2D eigenvalue weighted by Crippen LogP contribution is -2.27. The third kappa shape index (κ3) is 5.26. The first-order chi connectivity index (χ1) is 22.9. The van der Waals surface area contributed by atoms with Gasteiger partial charge >= 0.3 is 0 Å². The van der Waals surface area contributed by atoms with Crippen molar-refractivity contribution in [1.82, 2.24) is 19.5 Å². The molecule has 2 atom stereocenters. The van der Waals surface area contributed by atoms with Crippen LogP contribution >= 0.6 is 0 Å². The van der Waals surface area contributed by atoms with Crippen LogP contribution in [-0.4, -0.2) is 19.5 Å². The smallest absolute Gasteiger partial charge is 0.144 e. The zero-order chi connectivity index (χ0) is 32.4. The summed E-state index contributed by atoms with van der Waals surface area (Å²) in [6.45, 7) is 8.84. The highest BCUT2D eigenvalue weighted by molar-refractivity contribution is 5.65. The Labute approximate surface area is 277 Å². The standard InChI is InChI=1S/C43H38N4/c1-31-17-15-18-32(2)40(31)47-30-39(43(4,35-22-9-6-10-23-35)38-26-12-14-28-45-38)46-41(47)33-19-16-24-36(29-33)42(3,34-20-7-5-8-21-34)37-25-11-13-27-44-37/h5-30H,1-4H3/t42?,43-/m1/s1. The van der Waals surface area contributed by atoms with Gasteiger partial charge in [-0.15, -0.1) is 0 Å². The fourth-order valence-corrected chi connectivity index (χ4v) is 6.90. The van der Waals surface area contributed by atoms with Crippen molar-refractivity contribution in [2.45, 2.75) is 38.5 Å². The quantitative estimate of drug-likeness (QED) is 0.172. The molecule has 0 radical (unpaired) electrons. The maximum absolute atomic E-state index is 5.54. The molecule has 230 valence electrons. The van der Waals surface area contributed by atoms with Gasteiger partial charge in [0.15, 0.2) is 0 Å². The van der Waals surface area contributed by atoms with Crippen molar-refractivity contribution >= 4 is 0 Å². The minimum Gasteiger partial charge on any atom is -0.299 e. The second-order valence-electron chi connectivity index (χ2n) is 12.6. The summed E-state index contributed by atoms with van der Waals surface area (Å²) in [7, 11) is 0. The first kappa shape index (κ1) is 30.1. The van der Waals surface area contributed by atoms with Crippen LogP contribution in [0.25, 0.3) is 17.1 Å². The molecule has 7 aromatic rings. The van der Waals surface area contributed by atoms with Gasteiger partial charge in [-0.1, -0.05) is 109 Å². The fourth-order valence-electron chi connectivity index (χ4n) is 6.90. The molecule has 3 heterocycles. The van der Waals surface area contributed by atoms with Crippen molar-refractivity contribution in [3.05, 3.63) is 203 Å². The van der Waals surface area contributed by atoms with Crippen LogP contribution in [0.3, 0.4) is 0 Å². The van der Waals surface area contributed by atoms with Crippen LogP contribution in [0.4, 0.5) is 0 Å². The second kappa shape index (κ2) is 12.3. The number of pyridine rings is 2. The summed E-state index contributed by atoms with van der Waals surface area (Å²) in [5.41, 5.74) is 9.81. The monoisotopic (exact) mass is 610 g/mol. The molecule has 3 aromatic heterocycles. The van der Waals surface area contributed by atoms with E-state index in [1.165, 1.54) is 16.7 Å². The summed E-state index contributed by atoms with van der Waals surface area (Å²) in [5, 5.41) is 0. The van der Waals surface area contributed by atoms with Gasteiger partial charge in [0.1, 0.15) is 5.82 Å². The third-order valence-electron chi connectivity index (χ3n) is 9.65. The van der Waals surface area contributed by atoms with E-state index in [1.54, 1.807) is 0 Å². The maximum atomic E-state index is 5.54. The number of benzene rings is 4. The molecule has 0 aliphatic heterocycles. The van der Waals surface area contributed by atoms with Gasteiger partial charge in [0.05, 0.1) is 33.6 Å². The van der Waals surface area contributed by atoms with Crippen LogP contribution in [-0.2, 0) is 10.8 Å². The first-order valence-electron chi connectivity index (χ1n) is 16.1. The molecule has 4 aromatic carbocycles. The molecule has 0 aliphatic carbocycles. The highest BCUT2D eigenvalue weighted by Gasteiger charge is 2.37. The van der Waals surface area contributed by atoms with Crippen LogP contribution in [0.5, 0.6) is 0 Å². The molecule has 47 heavy (non-hydrogen) atoms. The summed E-state index contributed by atoms with van der Waals surface area (Å²) in [4.78, 5) is 15.3. The Bertz CT molecular complexity index is 2020. The van der Waals surface area contributed by atoms with E-state index in [-0.39, 0.29) is 0 Å².